The Labute approximate surface area is 233 Å². The number of anilines is 1. The van der Waals surface area contributed by atoms with Crippen LogP contribution in [0.25, 0.3) is 10.9 Å². The fraction of sp³-hybridized carbons (Fsp3) is 0.517. The molecule has 7 nitrogen and oxygen atoms in total. The van der Waals surface area contributed by atoms with Gasteiger partial charge in [0.1, 0.15) is 12.1 Å². The molecule has 3 aromatic rings. The Morgan fingerprint density at radius 2 is 1.70 bits per heavy atom. The Morgan fingerprint density at radius 1 is 0.950 bits per heavy atom. The van der Waals surface area contributed by atoms with Crippen LogP contribution in [0.5, 0.6) is 0 Å². The van der Waals surface area contributed by atoms with Crippen molar-refractivity contribution in [2.75, 3.05) is 43.4 Å². The second-order valence-corrected chi connectivity index (χ2v) is 13.8. The SMILES string of the molecule is CCS(=O)(=O)N1CCc2ccc(CN3CCC4(CC3)CN(c3ncnc5ccc(CC(F)(F)F)cc35)C4)cc2C1. The third-order valence-electron chi connectivity index (χ3n) is 8.76. The molecular weight excluding hydrogens is 539 g/mol. The normalized spacial score (nSPS) is 20.1. The highest BCUT2D eigenvalue weighted by Gasteiger charge is 2.45. The highest BCUT2D eigenvalue weighted by Crippen LogP contribution is 2.44. The summed E-state index contributed by atoms with van der Waals surface area (Å²) in [5.74, 6) is 0.844. The van der Waals surface area contributed by atoms with E-state index in [1.807, 2.05) is 0 Å². The van der Waals surface area contributed by atoms with Crippen molar-refractivity contribution in [3.8, 4) is 0 Å². The van der Waals surface area contributed by atoms with Crippen molar-refractivity contribution in [2.45, 2.75) is 51.9 Å². The van der Waals surface area contributed by atoms with Crippen LogP contribution in [-0.2, 0) is 36.0 Å². The maximum Gasteiger partial charge on any atom is 0.393 e. The molecule has 214 valence electrons. The van der Waals surface area contributed by atoms with Crippen LogP contribution in [0.4, 0.5) is 19.0 Å². The molecule has 1 aromatic heterocycles. The quantitative estimate of drug-likeness (QED) is 0.431. The third-order valence-corrected chi connectivity index (χ3v) is 10.6. The molecule has 2 aromatic carbocycles. The molecule has 11 heteroatoms. The fourth-order valence-corrected chi connectivity index (χ4v) is 7.53. The van der Waals surface area contributed by atoms with Gasteiger partial charge in [0.2, 0.25) is 10.0 Å². The molecule has 0 saturated carbocycles. The molecule has 6 rings (SSSR count). The first-order chi connectivity index (χ1) is 19.0. The Bertz CT molecular complexity index is 1510. The van der Waals surface area contributed by atoms with E-state index < -0.39 is 22.6 Å². The van der Waals surface area contributed by atoms with E-state index in [-0.39, 0.29) is 16.7 Å². The number of alkyl halides is 3. The minimum absolute atomic E-state index is 0.127. The zero-order valence-electron chi connectivity index (χ0n) is 22.6. The predicted octanol–water partition coefficient (Wildman–Crippen LogP) is 4.54. The van der Waals surface area contributed by atoms with Gasteiger partial charge in [-0.05, 0) is 73.7 Å². The summed E-state index contributed by atoms with van der Waals surface area (Å²) < 4.78 is 65.2. The van der Waals surface area contributed by atoms with Crippen LogP contribution in [0.1, 0.15) is 42.0 Å². The topological polar surface area (TPSA) is 69.6 Å². The van der Waals surface area contributed by atoms with Gasteiger partial charge in [0, 0.05) is 43.5 Å². The van der Waals surface area contributed by atoms with Gasteiger partial charge >= 0.3 is 6.18 Å². The first-order valence-corrected chi connectivity index (χ1v) is 15.5. The summed E-state index contributed by atoms with van der Waals surface area (Å²) >= 11 is 0. The zero-order valence-corrected chi connectivity index (χ0v) is 23.4. The van der Waals surface area contributed by atoms with Gasteiger partial charge in [0.15, 0.2) is 0 Å². The van der Waals surface area contributed by atoms with E-state index >= 15 is 0 Å². The van der Waals surface area contributed by atoms with Gasteiger partial charge in [-0.1, -0.05) is 24.3 Å². The number of hydrogen-bond acceptors (Lipinski definition) is 6. The standard InChI is InChI=1S/C29H34F3N5O2S/c1-2-40(38,39)37-10-7-23-5-3-22(13-24(23)17-37)16-35-11-8-28(9-12-35)18-36(19-28)27-25-14-21(15-29(30,31)32)4-6-26(25)33-20-34-27/h3-6,13-14,20H,2,7-12,15-19H2,1H3. The number of fused-ring (bicyclic) bond motifs is 2. The zero-order chi connectivity index (χ0) is 28.1. The number of rotatable bonds is 6. The Kier molecular flexibility index (Phi) is 7.03. The van der Waals surface area contributed by atoms with Gasteiger partial charge in [-0.25, -0.2) is 18.4 Å². The fourth-order valence-electron chi connectivity index (χ4n) is 6.46. The summed E-state index contributed by atoms with van der Waals surface area (Å²) in [6, 6.07) is 11.2. The maximum absolute atomic E-state index is 13.0. The van der Waals surface area contributed by atoms with Crippen molar-refractivity contribution in [2.24, 2.45) is 5.41 Å². The smallest absolute Gasteiger partial charge is 0.355 e. The Morgan fingerprint density at radius 3 is 2.42 bits per heavy atom. The molecule has 0 amide bonds. The van der Waals surface area contributed by atoms with E-state index in [4.69, 9.17) is 0 Å². The molecule has 0 radical (unpaired) electrons. The van der Waals surface area contributed by atoms with E-state index in [0.29, 0.717) is 24.0 Å². The lowest BCUT2D eigenvalue weighted by Crippen LogP contribution is -2.60. The molecular formula is C29H34F3N5O2S. The molecule has 4 heterocycles. The molecule has 40 heavy (non-hydrogen) atoms. The molecule has 2 saturated heterocycles. The lowest BCUT2D eigenvalue weighted by Gasteiger charge is -2.54. The van der Waals surface area contributed by atoms with Crippen LogP contribution in [0, 0.1) is 5.41 Å². The number of halogens is 3. The summed E-state index contributed by atoms with van der Waals surface area (Å²) in [6.07, 6.45) is -0.865. The molecule has 1 spiro atoms. The van der Waals surface area contributed by atoms with E-state index in [0.717, 1.165) is 63.4 Å². The number of sulfonamides is 1. The maximum atomic E-state index is 13.0. The number of benzene rings is 2. The van der Waals surface area contributed by atoms with Crippen molar-refractivity contribution >= 4 is 26.7 Å². The van der Waals surface area contributed by atoms with Gasteiger partial charge in [-0.3, -0.25) is 4.90 Å². The predicted molar refractivity (Wildman–Crippen MR) is 148 cm³/mol. The number of piperidine rings is 1. The third kappa shape index (κ3) is 5.56. The minimum Gasteiger partial charge on any atom is -0.355 e. The molecule has 2 fully saturated rings. The van der Waals surface area contributed by atoms with Gasteiger partial charge in [-0.15, -0.1) is 0 Å². The summed E-state index contributed by atoms with van der Waals surface area (Å²) in [4.78, 5) is 13.4. The van der Waals surface area contributed by atoms with E-state index in [1.165, 1.54) is 23.5 Å². The lowest BCUT2D eigenvalue weighted by molar-refractivity contribution is -0.127. The molecule has 0 unspecified atom stereocenters. The van der Waals surface area contributed by atoms with E-state index in [1.54, 1.807) is 23.4 Å². The van der Waals surface area contributed by atoms with Crippen LogP contribution >= 0.6 is 0 Å². The van der Waals surface area contributed by atoms with Crippen molar-refractivity contribution < 1.29 is 21.6 Å². The second kappa shape index (κ2) is 10.3. The van der Waals surface area contributed by atoms with Gasteiger partial charge < -0.3 is 4.90 Å². The van der Waals surface area contributed by atoms with Gasteiger partial charge in [0.25, 0.3) is 0 Å². The second-order valence-electron chi connectivity index (χ2n) is 11.6. The van der Waals surface area contributed by atoms with Crippen molar-refractivity contribution in [1.82, 2.24) is 19.2 Å². The average Bonchev–Trinajstić information content (AvgIpc) is 2.91. The highest BCUT2D eigenvalue weighted by atomic mass is 32.2. The lowest BCUT2D eigenvalue weighted by atomic mass is 9.72. The number of likely N-dealkylation sites (tertiary alicyclic amines) is 1. The Balaban J connectivity index is 1.07. The molecule has 0 atom stereocenters. The van der Waals surface area contributed by atoms with Crippen molar-refractivity contribution in [3.05, 3.63) is 65.0 Å². The van der Waals surface area contributed by atoms with E-state index in [9.17, 15) is 21.6 Å². The molecule has 0 aliphatic carbocycles. The summed E-state index contributed by atoms with van der Waals surface area (Å²) in [7, 11) is -3.19. The first kappa shape index (κ1) is 27.4. The van der Waals surface area contributed by atoms with Crippen LogP contribution in [0.2, 0.25) is 0 Å². The van der Waals surface area contributed by atoms with E-state index in [2.05, 4.69) is 38.0 Å². The average molecular weight is 574 g/mol. The molecule has 3 aliphatic rings. The van der Waals surface area contributed by atoms with Crippen LogP contribution in [0.3, 0.4) is 0 Å². The van der Waals surface area contributed by atoms with Crippen molar-refractivity contribution in [3.63, 3.8) is 0 Å². The highest BCUT2D eigenvalue weighted by molar-refractivity contribution is 7.89. The number of nitrogens with zero attached hydrogens (tertiary/aromatic N) is 5. The molecule has 0 bridgehead atoms. The van der Waals surface area contributed by atoms with Gasteiger partial charge in [0.05, 0.1) is 17.7 Å². The first-order valence-electron chi connectivity index (χ1n) is 13.9. The molecule has 0 N–H and O–H groups in total. The largest absolute Gasteiger partial charge is 0.393 e. The summed E-state index contributed by atoms with van der Waals surface area (Å²) in [6.45, 7) is 7.17. The van der Waals surface area contributed by atoms with Crippen molar-refractivity contribution in [1.29, 1.82) is 0 Å². The number of aromatic nitrogens is 2. The van der Waals surface area contributed by atoms with Crippen LogP contribution in [0.15, 0.2) is 42.7 Å². The summed E-state index contributed by atoms with van der Waals surface area (Å²) in [5, 5.41) is 0.675. The monoisotopic (exact) mass is 573 g/mol. The Hall–Kier alpha value is -2.76. The molecule has 3 aliphatic heterocycles. The minimum atomic E-state index is -4.26. The van der Waals surface area contributed by atoms with Crippen LogP contribution < -0.4 is 4.90 Å². The summed E-state index contributed by atoms with van der Waals surface area (Å²) in [5.41, 5.74) is 4.64. The number of hydrogen-bond donors (Lipinski definition) is 0. The van der Waals surface area contributed by atoms with Gasteiger partial charge in [-0.2, -0.15) is 17.5 Å². The van der Waals surface area contributed by atoms with Crippen LogP contribution in [-0.4, -0.2) is 72.2 Å².